The topological polar surface area (TPSA) is 110 Å². The van der Waals surface area contributed by atoms with Crippen LogP contribution in [0.15, 0.2) is 47.4 Å². The molecule has 0 aliphatic heterocycles. The lowest BCUT2D eigenvalue weighted by atomic mass is 10.2. The molecule has 0 radical (unpaired) electrons. The molecule has 0 atom stereocenters. The third-order valence-electron chi connectivity index (χ3n) is 3.58. The third-order valence-corrected chi connectivity index (χ3v) is 5.40. The van der Waals surface area contributed by atoms with E-state index in [1.165, 1.54) is 30.3 Å². The van der Waals surface area contributed by atoms with Gasteiger partial charge in [-0.15, -0.1) is 0 Å². The van der Waals surface area contributed by atoms with Crippen molar-refractivity contribution in [1.29, 1.82) is 0 Å². The SMILES string of the molecule is CC(C)Oc1ccc(S(=O)(=O)CCCOc2ccc(C(=O)O)c(O)c2)cc1. The first-order valence-electron chi connectivity index (χ1n) is 8.37. The summed E-state index contributed by atoms with van der Waals surface area (Å²) in [7, 11) is -3.45. The van der Waals surface area contributed by atoms with E-state index in [0.717, 1.165) is 0 Å². The Labute approximate surface area is 158 Å². The van der Waals surface area contributed by atoms with E-state index >= 15 is 0 Å². The van der Waals surface area contributed by atoms with Crippen LogP contribution in [0.25, 0.3) is 0 Å². The van der Waals surface area contributed by atoms with E-state index in [-0.39, 0.29) is 41.1 Å². The molecule has 0 saturated carbocycles. The Morgan fingerprint density at radius 3 is 2.26 bits per heavy atom. The fourth-order valence-corrected chi connectivity index (χ4v) is 3.62. The summed E-state index contributed by atoms with van der Waals surface area (Å²) in [5, 5.41) is 18.5. The van der Waals surface area contributed by atoms with Crippen LogP contribution in [0.1, 0.15) is 30.6 Å². The number of phenols is 1. The largest absolute Gasteiger partial charge is 0.507 e. The Bertz CT molecular complexity index is 887. The summed E-state index contributed by atoms with van der Waals surface area (Å²) in [6.45, 7) is 3.89. The maximum absolute atomic E-state index is 12.3. The molecule has 2 rings (SSSR count). The molecule has 146 valence electrons. The van der Waals surface area contributed by atoms with E-state index in [1.807, 2.05) is 13.8 Å². The highest BCUT2D eigenvalue weighted by molar-refractivity contribution is 7.91. The zero-order valence-electron chi connectivity index (χ0n) is 15.1. The van der Waals surface area contributed by atoms with Gasteiger partial charge < -0.3 is 19.7 Å². The second-order valence-corrected chi connectivity index (χ2v) is 8.25. The Morgan fingerprint density at radius 1 is 1.07 bits per heavy atom. The monoisotopic (exact) mass is 394 g/mol. The molecule has 8 heteroatoms. The van der Waals surface area contributed by atoms with Crippen LogP contribution < -0.4 is 9.47 Å². The molecule has 0 spiro atoms. The van der Waals surface area contributed by atoms with Crippen molar-refractivity contribution in [3.05, 3.63) is 48.0 Å². The minimum absolute atomic E-state index is 0.00797. The summed E-state index contributed by atoms with van der Waals surface area (Å²) in [5.41, 5.74) is -0.227. The molecule has 2 N–H and O–H groups in total. The quantitative estimate of drug-likeness (QED) is 0.629. The van der Waals surface area contributed by atoms with Crippen LogP contribution in [-0.4, -0.2) is 43.1 Å². The summed E-state index contributed by atoms with van der Waals surface area (Å²) in [6.07, 6.45) is 0.252. The molecule has 0 bridgehead atoms. The second-order valence-electron chi connectivity index (χ2n) is 6.14. The van der Waals surface area contributed by atoms with Crippen molar-refractivity contribution in [3.8, 4) is 17.2 Å². The van der Waals surface area contributed by atoms with Gasteiger partial charge in [-0.3, -0.25) is 0 Å². The fraction of sp³-hybridized carbons (Fsp3) is 0.316. The van der Waals surface area contributed by atoms with Gasteiger partial charge in [-0.1, -0.05) is 0 Å². The van der Waals surface area contributed by atoms with Gasteiger partial charge in [-0.05, 0) is 56.7 Å². The minimum atomic E-state index is -3.45. The number of carbonyl (C=O) groups is 1. The number of rotatable bonds is 9. The normalized spacial score (nSPS) is 11.4. The Morgan fingerprint density at radius 2 is 1.70 bits per heavy atom. The Kier molecular flexibility index (Phi) is 6.68. The van der Waals surface area contributed by atoms with E-state index < -0.39 is 21.6 Å². The number of ether oxygens (including phenoxy) is 2. The van der Waals surface area contributed by atoms with Crippen LogP contribution in [0.5, 0.6) is 17.2 Å². The van der Waals surface area contributed by atoms with E-state index in [4.69, 9.17) is 14.6 Å². The molecule has 0 aliphatic rings. The molecular formula is C19H22O7S. The standard InChI is InChI=1S/C19H22O7S/c1-13(2)26-14-4-7-16(8-5-14)27(23,24)11-3-10-25-15-6-9-17(19(21)22)18(20)12-15/h4-9,12-13,20H,3,10-11H2,1-2H3,(H,21,22). The van der Waals surface area contributed by atoms with E-state index in [2.05, 4.69) is 0 Å². The highest BCUT2D eigenvalue weighted by Gasteiger charge is 2.15. The number of aromatic carboxylic acids is 1. The molecule has 0 amide bonds. The fourth-order valence-electron chi connectivity index (χ4n) is 2.34. The van der Waals surface area contributed by atoms with Crippen LogP contribution in [0.2, 0.25) is 0 Å². The summed E-state index contributed by atoms with van der Waals surface area (Å²) >= 11 is 0. The Hall–Kier alpha value is -2.74. The highest BCUT2D eigenvalue weighted by Crippen LogP contribution is 2.24. The first-order chi connectivity index (χ1) is 12.7. The molecule has 0 aromatic heterocycles. The molecule has 0 unspecified atom stereocenters. The van der Waals surface area contributed by atoms with E-state index in [9.17, 15) is 18.3 Å². The van der Waals surface area contributed by atoms with E-state index in [0.29, 0.717) is 5.75 Å². The Balaban J connectivity index is 1.88. The van der Waals surface area contributed by atoms with Crippen LogP contribution in [0.3, 0.4) is 0 Å². The highest BCUT2D eigenvalue weighted by atomic mass is 32.2. The molecule has 0 heterocycles. The second kappa shape index (κ2) is 8.77. The molecule has 27 heavy (non-hydrogen) atoms. The molecule has 2 aromatic carbocycles. The van der Waals surface area contributed by atoms with Crippen LogP contribution in [-0.2, 0) is 9.84 Å². The zero-order chi connectivity index (χ0) is 20.0. The van der Waals surface area contributed by atoms with Gasteiger partial charge in [-0.25, -0.2) is 13.2 Å². The molecule has 7 nitrogen and oxygen atoms in total. The van der Waals surface area contributed by atoms with Gasteiger partial charge in [0.25, 0.3) is 0 Å². The van der Waals surface area contributed by atoms with Crippen molar-refractivity contribution >= 4 is 15.8 Å². The van der Waals surface area contributed by atoms with Crippen molar-refractivity contribution in [1.82, 2.24) is 0 Å². The average molecular weight is 394 g/mol. The number of benzene rings is 2. The maximum Gasteiger partial charge on any atom is 0.339 e. The predicted molar refractivity (Wildman–Crippen MR) is 99.4 cm³/mol. The van der Waals surface area contributed by atoms with Crippen LogP contribution in [0.4, 0.5) is 0 Å². The molecule has 0 aliphatic carbocycles. The van der Waals surface area contributed by atoms with Gasteiger partial charge in [-0.2, -0.15) is 0 Å². The van der Waals surface area contributed by atoms with Crippen LogP contribution >= 0.6 is 0 Å². The predicted octanol–water partition coefficient (Wildman–Crippen LogP) is 3.12. The van der Waals surface area contributed by atoms with Gasteiger partial charge in [0.05, 0.1) is 23.4 Å². The molecule has 0 fully saturated rings. The van der Waals surface area contributed by atoms with Crippen molar-refractivity contribution in [2.24, 2.45) is 0 Å². The maximum atomic E-state index is 12.3. The van der Waals surface area contributed by atoms with Crippen LogP contribution in [0, 0.1) is 0 Å². The summed E-state index contributed by atoms with van der Waals surface area (Å²) < 4.78 is 35.6. The number of hydrogen-bond acceptors (Lipinski definition) is 6. The summed E-state index contributed by atoms with van der Waals surface area (Å²) in [5.74, 6) is -0.871. The van der Waals surface area contributed by atoms with Gasteiger partial charge in [0, 0.05) is 6.07 Å². The zero-order valence-corrected chi connectivity index (χ0v) is 15.9. The van der Waals surface area contributed by atoms with Gasteiger partial charge in [0.15, 0.2) is 9.84 Å². The van der Waals surface area contributed by atoms with Crippen molar-refractivity contribution in [2.45, 2.75) is 31.3 Å². The molecular weight excluding hydrogens is 372 g/mol. The lowest BCUT2D eigenvalue weighted by Crippen LogP contribution is -2.11. The smallest absolute Gasteiger partial charge is 0.339 e. The van der Waals surface area contributed by atoms with Crippen molar-refractivity contribution in [2.75, 3.05) is 12.4 Å². The lowest BCUT2D eigenvalue weighted by molar-refractivity contribution is 0.0693. The number of carboxylic acids is 1. The van der Waals surface area contributed by atoms with E-state index in [1.54, 1.807) is 12.1 Å². The van der Waals surface area contributed by atoms with Gasteiger partial charge in [0.2, 0.25) is 0 Å². The van der Waals surface area contributed by atoms with Gasteiger partial charge in [0.1, 0.15) is 22.8 Å². The first-order valence-corrected chi connectivity index (χ1v) is 10.0. The number of aromatic hydroxyl groups is 1. The van der Waals surface area contributed by atoms with Gasteiger partial charge >= 0.3 is 5.97 Å². The minimum Gasteiger partial charge on any atom is -0.507 e. The van der Waals surface area contributed by atoms with Crippen molar-refractivity contribution in [3.63, 3.8) is 0 Å². The first kappa shape index (κ1) is 20.6. The summed E-state index contributed by atoms with van der Waals surface area (Å²) in [4.78, 5) is 11.0. The lowest BCUT2D eigenvalue weighted by Gasteiger charge is -2.11. The molecule has 0 saturated heterocycles. The van der Waals surface area contributed by atoms with Crippen molar-refractivity contribution < 1.29 is 32.9 Å². The number of sulfone groups is 1. The average Bonchev–Trinajstić information content (AvgIpc) is 2.58. The number of hydrogen-bond donors (Lipinski definition) is 2. The molecule has 2 aromatic rings. The third kappa shape index (κ3) is 5.89. The number of carboxylic acid groups (broad SMARTS) is 1. The summed E-state index contributed by atoms with van der Waals surface area (Å²) in [6, 6.07) is 10.1.